The fourth-order valence-electron chi connectivity index (χ4n) is 2.45. The van der Waals surface area contributed by atoms with E-state index in [1.54, 1.807) is 0 Å². The molecule has 1 aliphatic rings. The first-order valence-electron chi connectivity index (χ1n) is 6.06. The maximum absolute atomic E-state index is 3.80. The molecule has 0 heterocycles. The first-order chi connectivity index (χ1) is 6.77. The van der Waals surface area contributed by atoms with Crippen LogP contribution in [0, 0.1) is 0 Å². The summed E-state index contributed by atoms with van der Waals surface area (Å²) in [6, 6.07) is 1.48. The van der Waals surface area contributed by atoms with E-state index < -0.39 is 0 Å². The van der Waals surface area contributed by atoms with Crippen LogP contribution in [0.3, 0.4) is 0 Å². The van der Waals surface area contributed by atoms with E-state index in [0.29, 0.717) is 6.04 Å². The van der Waals surface area contributed by atoms with E-state index in [2.05, 4.69) is 37.2 Å². The van der Waals surface area contributed by atoms with Gasteiger partial charge in [-0.3, -0.25) is 0 Å². The van der Waals surface area contributed by atoms with Crippen molar-refractivity contribution in [1.29, 1.82) is 0 Å². The predicted octanol–water partition coefficient (Wildman–Crippen LogP) is 3.44. The SMILES string of the molecule is CCCC(C)NC1CCCCC1SC. The Morgan fingerprint density at radius 2 is 2.07 bits per heavy atom. The maximum atomic E-state index is 3.80. The monoisotopic (exact) mass is 215 g/mol. The highest BCUT2D eigenvalue weighted by atomic mass is 32.2. The number of hydrogen-bond acceptors (Lipinski definition) is 2. The second-order valence-corrected chi connectivity index (χ2v) is 5.60. The van der Waals surface area contributed by atoms with Crippen molar-refractivity contribution in [2.24, 2.45) is 0 Å². The van der Waals surface area contributed by atoms with Crippen molar-refractivity contribution < 1.29 is 0 Å². The minimum Gasteiger partial charge on any atom is -0.310 e. The van der Waals surface area contributed by atoms with Crippen LogP contribution in [0.4, 0.5) is 0 Å². The number of nitrogens with one attached hydrogen (secondary N) is 1. The van der Waals surface area contributed by atoms with Gasteiger partial charge in [-0.15, -0.1) is 0 Å². The summed E-state index contributed by atoms with van der Waals surface area (Å²) in [4.78, 5) is 0. The quantitative estimate of drug-likeness (QED) is 0.754. The number of rotatable bonds is 5. The highest BCUT2D eigenvalue weighted by molar-refractivity contribution is 7.99. The van der Waals surface area contributed by atoms with Gasteiger partial charge < -0.3 is 5.32 Å². The summed E-state index contributed by atoms with van der Waals surface area (Å²) in [5, 5.41) is 4.66. The van der Waals surface area contributed by atoms with Gasteiger partial charge in [0.15, 0.2) is 0 Å². The summed E-state index contributed by atoms with van der Waals surface area (Å²) in [7, 11) is 0. The van der Waals surface area contributed by atoms with Crippen LogP contribution in [0.25, 0.3) is 0 Å². The fourth-order valence-corrected chi connectivity index (χ4v) is 3.40. The molecule has 1 aliphatic carbocycles. The molecule has 0 spiro atoms. The van der Waals surface area contributed by atoms with Crippen molar-refractivity contribution in [3.05, 3.63) is 0 Å². The lowest BCUT2D eigenvalue weighted by atomic mass is 9.94. The molecular weight excluding hydrogens is 190 g/mol. The van der Waals surface area contributed by atoms with E-state index in [1.165, 1.54) is 38.5 Å². The van der Waals surface area contributed by atoms with Crippen LogP contribution >= 0.6 is 11.8 Å². The summed E-state index contributed by atoms with van der Waals surface area (Å²) in [6.45, 7) is 4.60. The lowest BCUT2D eigenvalue weighted by Gasteiger charge is -2.33. The molecule has 1 N–H and O–H groups in total. The summed E-state index contributed by atoms with van der Waals surface area (Å²) < 4.78 is 0. The summed E-state index contributed by atoms with van der Waals surface area (Å²) in [6.07, 6.45) is 10.5. The molecule has 0 aromatic heterocycles. The molecule has 1 fully saturated rings. The largest absolute Gasteiger partial charge is 0.310 e. The van der Waals surface area contributed by atoms with Crippen molar-refractivity contribution in [2.45, 2.75) is 69.7 Å². The Hall–Kier alpha value is 0.310. The Bertz CT molecular complexity index is 149. The summed E-state index contributed by atoms with van der Waals surface area (Å²) in [5.41, 5.74) is 0. The van der Waals surface area contributed by atoms with Crippen LogP contribution in [0.15, 0.2) is 0 Å². The summed E-state index contributed by atoms with van der Waals surface area (Å²) >= 11 is 2.05. The van der Waals surface area contributed by atoms with Crippen LogP contribution in [-0.2, 0) is 0 Å². The van der Waals surface area contributed by atoms with Crippen molar-refractivity contribution in [3.63, 3.8) is 0 Å². The lowest BCUT2D eigenvalue weighted by Crippen LogP contribution is -2.44. The molecule has 0 amide bonds. The maximum Gasteiger partial charge on any atom is 0.0198 e. The van der Waals surface area contributed by atoms with Gasteiger partial charge in [-0.25, -0.2) is 0 Å². The van der Waals surface area contributed by atoms with Crippen molar-refractivity contribution in [3.8, 4) is 0 Å². The Kier molecular flexibility index (Phi) is 5.95. The number of thioether (sulfide) groups is 1. The molecule has 0 saturated heterocycles. The van der Waals surface area contributed by atoms with E-state index in [9.17, 15) is 0 Å². The third-order valence-electron chi connectivity index (χ3n) is 3.23. The van der Waals surface area contributed by atoms with Gasteiger partial charge in [-0.05, 0) is 32.4 Å². The molecule has 0 bridgehead atoms. The van der Waals surface area contributed by atoms with Gasteiger partial charge >= 0.3 is 0 Å². The standard InChI is InChI=1S/C12H25NS/c1-4-7-10(2)13-11-8-5-6-9-12(11)14-3/h10-13H,4-9H2,1-3H3. The average molecular weight is 215 g/mol. The molecule has 0 aliphatic heterocycles. The highest BCUT2D eigenvalue weighted by Crippen LogP contribution is 2.27. The zero-order valence-electron chi connectivity index (χ0n) is 9.88. The number of hydrogen-bond donors (Lipinski definition) is 1. The normalized spacial score (nSPS) is 30.2. The van der Waals surface area contributed by atoms with Gasteiger partial charge in [0, 0.05) is 17.3 Å². The third-order valence-corrected chi connectivity index (χ3v) is 4.40. The molecule has 0 aromatic carbocycles. The Morgan fingerprint density at radius 3 is 2.71 bits per heavy atom. The molecule has 2 heteroatoms. The van der Waals surface area contributed by atoms with Crippen LogP contribution in [0.1, 0.15) is 52.4 Å². The topological polar surface area (TPSA) is 12.0 Å². The second-order valence-electron chi connectivity index (χ2n) is 4.52. The first kappa shape index (κ1) is 12.4. The van der Waals surface area contributed by atoms with Crippen molar-refractivity contribution >= 4 is 11.8 Å². The summed E-state index contributed by atoms with van der Waals surface area (Å²) in [5.74, 6) is 0. The van der Waals surface area contributed by atoms with E-state index in [-0.39, 0.29) is 0 Å². The smallest absolute Gasteiger partial charge is 0.0198 e. The third kappa shape index (κ3) is 3.82. The van der Waals surface area contributed by atoms with Crippen molar-refractivity contribution in [1.82, 2.24) is 5.32 Å². The van der Waals surface area contributed by atoms with Gasteiger partial charge in [0.25, 0.3) is 0 Å². The van der Waals surface area contributed by atoms with Gasteiger partial charge in [-0.1, -0.05) is 26.2 Å². The molecule has 14 heavy (non-hydrogen) atoms. The van der Waals surface area contributed by atoms with E-state index >= 15 is 0 Å². The highest BCUT2D eigenvalue weighted by Gasteiger charge is 2.24. The van der Waals surface area contributed by atoms with Gasteiger partial charge in [0.2, 0.25) is 0 Å². The molecule has 0 radical (unpaired) electrons. The molecule has 84 valence electrons. The first-order valence-corrected chi connectivity index (χ1v) is 7.35. The van der Waals surface area contributed by atoms with Crippen LogP contribution < -0.4 is 5.32 Å². The van der Waals surface area contributed by atoms with E-state index in [1.807, 2.05) is 0 Å². The molecule has 1 saturated carbocycles. The average Bonchev–Trinajstić information content (AvgIpc) is 2.19. The van der Waals surface area contributed by atoms with Crippen LogP contribution in [0.2, 0.25) is 0 Å². The van der Waals surface area contributed by atoms with Crippen molar-refractivity contribution in [2.75, 3.05) is 6.26 Å². The molecule has 0 aromatic rings. The minimum absolute atomic E-state index is 0.706. The van der Waals surface area contributed by atoms with Gasteiger partial charge in [0.05, 0.1) is 0 Å². The molecule has 3 atom stereocenters. The Balaban J connectivity index is 2.32. The lowest BCUT2D eigenvalue weighted by molar-refractivity contribution is 0.344. The van der Waals surface area contributed by atoms with E-state index in [4.69, 9.17) is 0 Å². The fraction of sp³-hybridized carbons (Fsp3) is 1.00. The second kappa shape index (κ2) is 6.73. The van der Waals surface area contributed by atoms with Gasteiger partial charge in [0.1, 0.15) is 0 Å². The Morgan fingerprint density at radius 1 is 1.36 bits per heavy atom. The molecule has 3 unspecified atom stereocenters. The van der Waals surface area contributed by atoms with Gasteiger partial charge in [-0.2, -0.15) is 11.8 Å². The zero-order valence-corrected chi connectivity index (χ0v) is 10.7. The zero-order chi connectivity index (χ0) is 10.4. The van der Waals surface area contributed by atoms with Crippen LogP contribution in [-0.4, -0.2) is 23.6 Å². The molecule has 1 nitrogen and oxygen atoms in total. The van der Waals surface area contributed by atoms with Crippen LogP contribution in [0.5, 0.6) is 0 Å². The Labute approximate surface area is 93.4 Å². The molecule has 1 rings (SSSR count). The minimum atomic E-state index is 0.706. The van der Waals surface area contributed by atoms with E-state index in [0.717, 1.165) is 11.3 Å². The molecular formula is C12H25NS. The predicted molar refractivity (Wildman–Crippen MR) is 67.1 cm³/mol.